The summed E-state index contributed by atoms with van der Waals surface area (Å²) in [5.74, 6) is -0.635. The standard InChI is InChI=1S/C23H19NO4/c25-22(24-20-8-4-7-19(15-20)23(26)27)14-11-17-9-12-21(13-10-17)28-16-18-5-2-1-3-6-18/h1-15H,16H2,(H,24,25)(H,26,27)/b14-11+. The lowest BCUT2D eigenvalue weighted by atomic mass is 10.2. The second-order valence-electron chi connectivity index (χ2n) is 6.05. The van der Waals surface area contributed by atoms with Gasteiger partial charge in [0.1, 0.15) is 12.4 Å². The van der Waals surface area contributed by atoms with Crippen LogP contribution in [0.3, 0.4) is 0 Å². The zero-order chi connectivity index (χ0) is 19.8. The first kappa shape index (κ1) is 18.9. The fourth-order valence-corrected chi connectivity index (χ4v) is 2.50. The zero-order valence-electron chi connectivity index (χ0n) is 15.0. The number of carbonyl (C=O) groups is 2. The first-order valence-corrected chi connectivity index (χ1v) is 8.69. The highest BCUT2D eigenvalue weighted by Gasteiger charge is 2.04. The van der Waals surface area contributed by atoms with Gasteiger partial charge >= 0.3 is 5.97 Å². The Kier molecular flexibility index (Phi) is 6.21. The van der Waals surface area contributed by atoms with Crippen LogP contribution in [0.25, 0.3) is 6.08 Å². The summed E-state index contributed by atoms with van der Waals surface area (Å²) in [5, 5.41) is 11.6. The predicted molar refractivity (Wildman–Crippen MR) is 108 cm³/mol. The van der Waals surface area contributed by atoms with Crippen molar-refractivity contribution in [2.45, 2.75) is 6.61 Å². The molecule has 0 aromatic heterocycles. The molecule has 0 aliphatic heterocycles. The van der Waals surface area contributed by atoms with E-state index in [1.807, 2.05) is 54.6 Å². The molecule has 0 saturated carbocycles. The molecule has 0 aliphatic rings. The van der Waals surface area contributed by atoms with Crippen LogP contribution >= 0.6 is 0 Å². The molecule has 140 valence electrons. The number of carboxylic acid groups (broad SMARTS) is 1. The minimum atomic E-state index is -1.04. The Morgan fingerprint density at radius 3 is 2.39 bits per heavy atom. The molecule has 0 fully saturated rings. The Balaban J connectivity index is 1.54. The van der Waals surface area contributed by atoms with Crippen molar-refractivity contribution in [2.75, 3.05) is 5.32 Å². The third-order valence-electron chi connectivity index (χ3n) is 3.93. The molecule has 28 heavy (non-hydrogen) atoms. The molecule has 2 N–H and O–H groups in total. The Labute approximate surface area is 162 Å². The Morgan fingerprint density at radius 2 is 1.68 bits per heavy atom. The van der Waals surface area contributed by atoms with E-state index in [4.69, 9.17) is 9.84 Å². The van der Waals surface area contributed by atoms with E-state index >= 15 is 0 Å². The van der Waals surface area contributed by atoms with Gasteiger partial charge in [-0.3, -0.25) is 4.79 Å². The van der Waals surface area contributed by atoms with Gasteiger partial charge in [0.05, 0.1) is 5.56 Å². The Hall–Kier alpha value is -3.86. The van der Waals surface area contributed by atoms with Gasteiger partial charge in [0, 0.05) is 11.8 Å². The maximum atomic E-state index is 12.0. The number of benzene rings is 3. The number of nitrogens with one attached hydrogen (secondary N) is 1. The zero-order valence-corrected chi connectivity index (χ0v) is 15.0. The Morgan fingerprint density at radius 1 is 0.929 bits per heavy atom. The average Bonchev–Trinajstić information content (AvgIpc) is 2.72. The van der Waals surface area contributed by atoms with Gasteiger partial charge in [0.15, 0.2) is 0 Å². The minimum Gasteiger partial charge on any atom is -0.489 e. The van der Waals surface area contributed by atoms with Gasteiger partial charge in [-0.2, -0.15) is 0 Å². The molecule has 3 aromatic carbocycles. The van der Waals surface area contributed by atoms with Gasteiger partial charge in [-0.15, -0.1) is 0 Å². The maximum absolute atomic E-state index is 12.0. The molecule has 0 radical (unpaired) electrons. The fraction of sp³-hybridized carbons (Fsp3) is 0.0435. The Bertz CT molecular complexity index is 979. The van der Waals surface area contributed by atoms with E-state index < -0.39 is 5.97 Å². The summed E-state index contributed by atoms with van der Waals surface area (Å²) in [7, 11) is 0. The van der Waals surface area contributed by atoms with Crippen LogP contribution in [0.4, 0.5) is 5.69 Å². The number of amides is 1. The predicted octanol–water partition coefficient (Wildman–Crippen LogP) is 4.62. The van der Waals surface area contributed by atoms with Crippen molar-refractivity contribution >= 4 is 23.6 Å². The van der Waals surface area contributed by atoms with Gasteiger partial charge in [0.25, 0.3) is 0 Å². The molecule has 5 heteroatoms. The molecule has 5 nitrogen and oxygen atoms in total. The van der Waals surface area contributed by atoms with E-state index in [2.05, 4.69) is 5.32 Å². The molecule has 0 aliphatic carbocycles. The van der Waals surface area contributed by atoms with Crippen LogP contribution in [0.2, 0.25) is 0 Å². The normalized spacial score (nSPS) is 10.6. The van der Waals surface area contributed by atoms with E-state index in [9.17, 15) is 9.59 Å². The summed E-state index contributed by atoms with van der Waals surface area (Å²) in [4.78, 5) is 23.0. The molecule has 1 amide bonds. The highest BCUT2D eigenvalue weighted by atomic mass is 16.5. The van der Waals surface area contributed by atoms with E-state index in [0.29, 0.717) is 12.3 Å². The van der Waals surface area contributed by atoms with Gasteiger partial charge in [0.2, 0.25) is 5.91 Å². The molecule has 0 atom stereocenters. The summed E-state index contributed by atoms with van der Waals surface area (Å²) in [6, 6.07) is 23.4. The molecule has 0 spiro atoms. The van der Waals surface area contributed by atoms with Crippen molar-refractivity contribution in [3.8, 4) is 5.75 Å². The fourth-order valence-electron chi connectivity index (χ4n) is 2.50. The topological polar surface area (TPSA) is 75.6 Å². The van der Waals surface area contributed by atoms with Gasteiger partial charge in [-0.25, -0.2) is 4.79 Å². The lowest BCUT2D eigenvalue weighted by molar-refractivity contribution is -0.111. The number of rotatable bonds is 7. The number of hydrogen-bond acceptors (Lipinski definition) is 3. The van der Waals surface area contributed by atoms with Gasteiger partial charge in [-0.1, -0.05) is 48.5 Å². The molecule has 0 bridgehead atoms. The first-order chi connectivity index (χ1) is 13.6. The van der Waals surface area contributed by atoms with E-state index in [0.717, 1.165) is 16.9 Å². The monoisotopic (exact) mass is 373 g/mol. The number of hydrogen-bond donors (Lipinski definition) is 2. The van der Waals surface area contributed by atoms with Crippen LogP contribution in [-0.4, -0.2) is 17.0 Å². The highest BCUT2D eigenvalue weighted by molar-refractivity contribution is 6.02. The van der Waals surface area contributed by atoms with Crippen molar-refractivity contribution in [1.29, 1.82) is 0 Å². The number of aromatic carboxylic acids is 1. The highest BCUT2D eigenvalue weighted by Crippen LogP contribution is 2.15. The molecule has 0 saturated heterocycles. The van der Waals surface area contributed by atoms with Crippen LogP contribution in [0, 0.1) is 0 Å². The smallest absolute Gasteiger partial charge is 0.335 e. The summed E-state index contributed by atoms with van der Waals surface area (Å²) in [5.41, 5.74) is 2.49. The van der Waals surface area contributed by atoms with E-state index in [-0.39, 0.29) is 11.5 Å². The van der Waals surface area contributed by atoms with Crippen molar-refractivity contribution in [3.63, 3.8) is 0 Å². The van der Waals surface area contributed by atoms with E-state index in [1.54, 1.807) is 18.2 Å². The second-order valence-corrected chi connectivity index (χ2v) is 6.05. The quantitative estimate of drug-likeness (QED) is 0.593. The number of carbonyl (C=O) groups excluding carboxylic acids is 1. The van der Waals surface area contributed by atoms with Crippen molar-refractivity contribution < 1.29 is 19.4 Å². The molecular formula is C23H19NO4. The molecule has 3 aromatic rings. The summed E-state index contributed by atoms with van der Waals surface area (Å²) >= 11 is 0. The summed E-state index contributed by atoms with van der Waals surface area (Å²) in [6.07, 6.45) is 3.07. The van der Waals surface area contributed by atoms with Crippen molar-refractivity contribution in [3.05, 3.63) is 102 Å². The molecule has 0 unspecified atom stereocenters. The second kappa shape index (κ2) is 9.19. The lowest BCUT2D eigenvalue weighted by Crippen LogP contribution is -2.08. The summed E-state index contributed by atoms with van der Waals surface area (Å²) < 4.78 is 5.73. The maximum Gasteiger partial charge on any atom is 0.335 e. The van der Waals surface area contributed by atoms with Crippen LogP contribution in [-0.2, 0) is 11.4 Å². The van der Waals surface area contributed by atoms with E-state index in [1.165, 1.54) is 18.2 Å². The van der Waals surface area contributed by atoms with Gasteiger partial charge < -0.3 is 15.2 Å². The lowest BCUT2D eigenvalue weighted by Gasteiger charge is -2.06. The van der Waals surface area contributed by atoms with Crippen LogP contribution < -0.4 is 10.1 Å². The SMILES string of the molecule is O=C(/C=C/c1ccc(OCc2ccccc2)cc1)Nc1cccc(C(=O)O)c1. The molecule has 3 rings (SSSR count). The van der Waals surface area contributed by atoms with Crippen molar-refractivity contribution in [2.24, 2.45) is 0 Å². The van der Waals surface area contributed by atoms with Crippen LogP contribution in [0.5, 0.6) is 5.75 Å². The van der Waals surface area contributed by atoms with Crippen molar-refractivity contribution in [1.82, 2.24) is 0 Å². The third-order valence-corrected chi connectivity index (χ3v) is 3.93. The number of anilines is 1. The number of ether oxygens (including phenoxy) is 1. The average molecular weight is 373 g/mol. The largest absolute Gasteiger partial charge is 0.489 e. The summed E-state index contributed by atoms with van der Waals surface area (Å²) in [6.45, 7) is 0.494. The molecule has 0 heterocycles. The third kappa shape index (κ3) is 5.57. The van der Waals surface area contributed by atoms with Crippen LogP contribution in [0.1, 0.15) is 21.5 Å². The van der Waals surface area contributed by atoms with Gasteiger partial charge in [-0.05, 0) is 47.5 Å². The number of carboxylic acids is 1. The first-order valence-electron chi connectivity index (χ1n) is 8.69. The van der Waals surface area contributed by atoms with Crippen LogP contribution in [0.15, 0.2) is 84.9 Å². The minimum absolute atomic E-state index is 0.118. The molecular weight excluding hydrogens is 354 g/mol.